The number of anilines is 1. The van der Waals surface area contributed by atoms with Crippen LogP contribution in [0.4, 0.5) is 5.69 Å². The number of nitrogens with zero attached hydrogens (tertiary/aromatic N) is 1. The normalized spacial score (nSPS) is 16.9. The smallest absolute Gasteiger partial charge is 0.212 e. The number of carbonyl (C=O) groups excluding carboxylic acids is 2. The van der Waals surface area contributed by atoms with E-state index in [4.69, 9.17) is 11.6 Å². The number of hydrogen-bond donors (Lipinski definition) is 1. The summed E-state index contributed by atoms with van der Waals surface area (Å²) in [6.07, 6.45) is 2.06. The number of ketones is 2. The quantitative estimate of drug-likeness (QED) is 0.872. The topological polar surface area (TPSA) is 49.4 Å². The second kappa shape index (κ2) is 6.61. The Morgan fingerprint density at radius 2 is 1.62 bits per heavy atom. The van der Waals surface area contributed by atoms with Crippen LogP contribution in [0.25, 0.3) is 0 Å². The van der Waals surface area contributed by atoms with Gasteiger partial charge in [0.1, 0.15) is 11.4 Å². The molecular weight excluding hydrogens is 348 g/mol. The van der Waals surface area contributed by atoms with E-state index in [1.165, 1.54) is 0 Å². The van der Waals surface area contributed by atoms with Crippen LogP contribution in [-0.2, 0) is 0 Å². The van der Waals surface area contributed by atoms with Crippen molar-refractivity contribution in [2.45, 2.75) is 19.8 Å². The molecule has 132 valence electrons. The molecule has 0 spiro atoms. The molecule has 1 saturated heterocycles. The SMILES string of the molecule is Cc1cc(NC2=C(N3CCCC3)C(=O)c3ccccc3C2=O)ccc1Cl. The van der Waals surface area contributed by atoms with Crippen molar-refractivity contribution in [3.05, 3.63) is 75.6 Å². The summed E-state index contributed by atoms with van der Waals surface area (Å²) in [6, 6.07) is 12.5. The van der Waals surface area contributed by atoms with E-state index in [2.05, 4.69) is 5.32 Å². The molecule has 0 bridgehead atoms. The minimum absolute atomic E-state index is 0.0877. The van der Waals surface area contributed by atoms with Crippen molar-refractivity contribution >= 4 is 28.9 Å². The molecule has 4 nitrogen and oxygen atoms in total. The molecule has 0 amide bonds. The first kappa shape index (κ1) is 16.9. The molecule has 2 aromatic rings. The highest BCUT2D eigenvalue weighted by Crippen LogP contribution is 2.31. The van der Waals surface area contributed by atoms with E-state index >= 15 is 0 Å². The van der Waals surface area contributed by atoms with E-state index in [0.29, 0.717) is 27.5 Å². The molecular formula is C21H19ClN2O2. The number of nitrogens with one attached hydrogen (secondary N) is 1. The first-order valence-electron chi connectivity index (χ1n) is 8.77. The molecule has 2 aliphatic rings. The predicted octanol–water partition coefficient (Wildman–Crippen LogP) is 4.45. The molecule has 0 radical (unpaired) electrons. The van der Waals surface area contributed by atoms with E-state index in [-0.39, 0.29) is 11.6 Å². The molecule has 4 rings (SSSR count). The van der Waals surface area contributed by atoms with Gasteiger partial charge < -0.3 is 10.2 Å². The Hall–Kier alpha value is -2.59. The van der Waals surface area contributed by atoms with Crippen LogP contribution in [-0.4, -0.2) is 29.6 Å². The fraction of sp³-hybridized carbons (Fsp3) is 0.238. The number of likely N-dealkylation sites (tertiary alicyclic amines) is 1. The Labute approximate surface area is 157 Å². The molecule has 5 heteroatoms. The maximum Gasteiger partial charge on any atom is 0.212 e. The summed E-state index contributed by atoms with van der Waals surface area (Å²) in [5, 5.41) is 3.87. The van der Waals surface area contributed by atoms with Gasteiger partial charge in [-0.15, -0.1) is 0 Å². The number of allylic oxidation sites excluding steroid dienone is 2. The van der Waals surface area contributed by atoms with E-state index < -0.39 is 0 Å². The van der Waals surface area contributed by atoms with Gasteiger partial charge in [-0.25, -0.2) is 0 Å². The van der Waals surface area contributed by atoms with Crippen molar-refractivity contribution < 1.29 is 9.59 Å². The van der Waals surface area contributed by atoms with E-state index in [1.807, 2.05) is 24.0 Å². The van der Waals surface area contributed by atoms with Crippen LogP contribution in [0.3, 0.4) is 0 Å². The third-order valence-electron chi connectivity index (χ3n) is 4.94. The second-order valence-corrected chi connectivity index (χ2v) is 7.12. The van der Waals surface area contributed by atoms with Gasteiger partial charge in [0, 0.05) is 34.9 Å². The second-order valence-electron chi connectivity index (χ2n) is 6.71. The van der Waals surface area contributed by atoms with Gasteiger partial charge in [-0.05, 0) is 43.5 Å². The van der Waals surface area contributed by atoms with Gasteiger partial charge in [-0.1, -0.05) is 35.9 Å². The Morgan fingerprint density at radius 3 is 2.27 bits per heavy atom. The molecule has 0 saturated carbocycles. The van der Waals surface area contributed by atoms with Crippen LogP contribution < -0.4 is 5.32 Å². The van der Waals surface area contributed by atoms with Crippen LogP contribution in [0.2, 0.25) is 5.02 Å². The summed E-state index contributed by atoms with van der Waals surface area (Å²) >= 11 is 6.11. The first-order valence-corrected chi connectivity index (χ1v) is 9.15. The largest absolute Gasteiger partial charge is 0.367 e. The number of carbonyl (C=O) groups is 2. The van der Waals surface area contributed by atoms with Gasteiger partial charge in [0.25, 0.3) is 0 Å². The zero-order valence-corrected chi connectivity index (χ0v) is 15.3. The van der Waals surface area contributed by atoms with E-state index in [0.717, 1.165) is 37.2 Å². The number of halogens is 1. The highest BCUT2D eigenvalue weighted by molar-refractivity contribution is 6.31. The maximum absolute atomic E-state index is 13.2. The number of Topliss-reactive ketones (excluding diaryl/α,β-unsaturated/α-hetero) is 2. The first-order chi connectivity index (χ1) is 12.6. The molecule has 0 aromatic heterocycles. The molecule has 1 heterocycles. The number of aryl methyl sites for hydroxylation is 1. The number of benzene rings is 2. The van der Waals surface area contributed by atoms with Crippen molar-refractivity contribution in [1.82, 2.24) is 4.90 Å². The average molecular weight is 367 g/mol. The zero-order chi connectivity index (χ0) is 18.3. The molecule has 1 aliphatic heterocycles. The molecule has 1 aliphatic carbocycles. The fourth-order valence-electron chi connectivity index (χ4n) is 3.59. The summed E-state index contributed by atoms with van der Waals surface area (Å²) in [5.74, 6) is -0.231. The molecule has 1 fully saturated rings. The molecule has 26 heavy (non-hydrogen) atoms. The summed E-state index contributed by atoms with van der Waals surface area (Å²) in [6.45, 7) is 3.50. The monoisotopic (exact) mass is 366 g/mol. The van der Waals surface area contributed by atoms with Gasteiger partial charge in [0.15, 0.2) is 0 Å². The third-order valence-corrected chi connectivity index (χ3v) is 5.37. The van der Waals surface area contributed by atoms with E-state index in [9.17, 15) is 9.59 Å². The lowest BCUT2D eigenvalue weighted by Crippen LogP contribution is -2.35. The van der Waals surface area contributed by atoms with Crippen LogP contribution in [0.15, 0.2) is 53.9 Å². The van der Waals surface area contributed by atoms with Crippen molar-refractivity contribution in [2.24, 2.45) is 0 Å². The number of fused-ring (bicyclic) bond motifs is 1. The van der Waals surface area contributed by atoms with Crippen LogP contribution in [0, 0.1) is 6.92 Å². The highest BCUT2D eigenvalue weighted by Gasteiger charge is 2.36. The van der Waals surface area contributed by atoms with Crippen LogP contribution in [0.5, 0.6) is 0 Å². The Morgan fingerprint density at radius 1 is 0.962 bits per heavy atom. The highest BCUT2D eigenvalue weighted by atomic mass is 35.5. The number of hydrogen-bond acceptors (Lipinski definition) is 4. The van der Waals surface area contributed by atoms with Crippen molar-refractivity contribution in [3.8, 4) is 0 Å². The van der Waals surface area contributed by atoms with Crippen LogP contribution >= 0.6 is 11.6 Å². The lowest BCUT2D eigenvalue weighted by atomic mass is 9.89. The standard InChI is InChI=1S/C21H19ClN2O2/c1-13-12-14(8-9-17(13)22)23-18-19(24-10-4-5-11-24)21(26)16-7-3-2-6-15(16)20(18)25/h2-3,6-9,12,23H,4-5,10-11H2,1H3. The van der Waals surface area contributed by atoms with Gasteiger partial charge >= 0.3 is 0 Å². The molecule has 0 unspecified atom stereocenters. The fourth-order valence-corrected chi connectivity index (χ4v) is 3.71. The number of rotatable bonds is 3. The zero-order valence-electron chi connectivity index (χ0n) is 14.5. The minimum atomic E-state index is -0.144. The summed E-state index contributed by atoms with van der Waals surface area (Å²) in [4.78, 5) is 28.3. The lowest BCUT2D eigenvalue weighted by molar-refractivity contribution is 0.0948. The van der Waals surface area contributed by atoms with Gasteiger partial charge in [-0.2, -0.15) is 0 Å². The Balaban J connectivity index is 1.83. The minimum Gasteiger partial charge on any atom is -0.367 e. The lowest BCUT2D eigenvalue weighted by Gasteiger charge is -2.28. The van der Waals surface area contributed by atoms with Crippen molar-refractivity contribution in [2.75, 3.05) is 18.4 Å². The summed E-state index contributed by atoms with van der Waals surface area (Å²) < 4.78 is 0. The predicted molar refractivity (Wildman–Crippen MR) is 103 cm³/mol. The van der Waals surface area contributed by atoms with Gasteiger partial charge in [-0.3, -0.25) is 9.59 Å². The molecule has 0 atom stereocenters. The van der Waals surface area contributed by atoms with Gasteiger partial charge in [0.05, 0.1) is 0 Å². The van der Waals surface area contributed by atoms with Gasteiger partial charge in [0.2, 0.25) is 11.6 Å². The third kappa shape index (κ3) is 2.80. The average Bonchev–Trinajstić information content (AvgIpc) is 3.17. The van der Waals surface area contributed by atoms with Crippen molar-refractivity contribution in [3.63, 3.8) is 0 Å². The Kier molecular flexibility index (Phi) is 4.29. The summed E-state index contributed by atoms with van der Waals surface area (Å²) in [7, 11) is 0. The maximum atomic E-state index is 13.2. The summed E-state index contributed by atoms with van der Waals surface area (Å²) in [5.41, 5.74) is 3.44. The van der Waals surface area contributed by atoms with Crippen LogP contribution in [0.1, 0.15) is 39.1 Å². The molecule has 2 aromatic carbocycles. The van der Waals surface area contributed by atoms with Crippen molar-refractivity contribution in [1.29, 1.82) is 0 Å². The van der Waals surface area contributed by atoms with E-state index in [1.54, 1.807) is 30.3 Å². The molecule has 1 N–H and O–H groups in total. The Bertz CT molecular complexity index is 943.